The molecule has 0 aliphatic rings. The van der Waals surface area contributed by atoms with Gasteiger partial charge in [-0.15, -0.1) is 0 Å². The number of likely N-dealkylation sites (N-methyl/N-ethyl adjacent to an activating group) is 1. The molecule has 6 heteroatoms. The number of nitrogens with zero attached hydrogens (tertiary/aromatic N) is 3. The van der Waals surface area contributed by atoms with Crippen LogP contribution < -0.4 is 11.0 Å². The summed E-state index contributed by atoms with van der Waals surface area (Å²) in [7, 11) is 3.88. The molecule has 0 fully saturated rings. The molecular weight excluding hydrogens is 244 g/mol. The van der Waals surface area contributed by atoms with Gasteiger partial charge in [0, 0.05) is 38.1 Å². The molecule has 19 heavy (non-hydrogen) atoms. The maximum atomic E-state index is 11.4. The summed E-state index contributed by atoms with van der Waals surface area (Å²) in [6, 6.07) is 1.71. The minimum absolute atomic E-state index is 0.111. The maximum Gasteiger partial charge on any atom is 0.347 e. The molecule has 0 unspecified atom stereocenters. The number of carbonyl (C=O) groups excluding carboxylic acids is 1. The second-order valence-electron chi connectivity index (χ2n) is 4.40. The van der Waals surface area contributed by atoms with Gasteiger partial charge in [-0.1, -0.05) is 6.08 Å². The van der Waals surface area contributed by atoms with Crippen molar-refractivity contribution in [2.75, 3.05) is 27.2 Å². The zero-order chi connectivity index (χ0) is 14.1. The second-order valence-corrected chi connectivity index (χ2v) is 4.40. The van der Waals surface area contributed by atoms with Gasteiger partial charge in [0.2, 0.25) is 5.91 Å². The number of rotatable bonds is 7. The molecule has 0 spiro atoms. The van der Waals surface area contributed by atoms with Gasteiger partial charge in [-0.2, -0.15) is 0 Å². The van der Waals surface area contributed by atoms with Crippen LogP contribution in [0.25, 0.3) is 0 Å². The normalized spacial score (nSPS) is 11.1. The number of aryl methyl sites for hydroxylation is 1. The highest BCUT2D eigenvalue weighted by atomic mass is 16.1. The Morgan fingerprint density at radius 3 is 3.00 bits per heavy atom. The largest absolute Gasteiger partial charge is 0.352 e. The SMILES string of the molecule is CN(C)C/C=C/C(=O)NCCCn1cccnc1=O. The molecule has 1 rings (SSSR count). The van der Waals surface area contributed by atoms with E-state index in [0.29, 0.717) is 19.5 Å². The number of hydrogen-bond donors (Lipinski definition) is 1. The molecule has 0 atom stereocenters. The fourth-order valence-corrected chi connectivity index (χ4v) is 1.45. The van der Waals surface area contributed by atoms with Gasteiger partial charge >= 0.3 is 5.69 Å². The first-order valence-electron chi connectivity index (χ1n) is 6.20. The van der Waals surface area contributed by atoms with E-state index in [0.717, 1.165) is 6.54 Å². The van der Waals surface area contributed by atoms with E-state index in [1.165, 1.54) is 16.8 Å². The Labute approximate surface area is 112 Å². The Morgan fingerprint density at radius 1 is 1.53 bits per heavy atom. The van der Waals surface area contributed by atoms with Crippen molar-refractivity contribution in [2.24, 2.45) is 0 Å². The molecule has 0 bridgehead atoms. The first-order valence-corrected chi connectivity index (χ1v) is 6.20. The molecule has 0 saturated heterocycles. The number of amides is 1. The number of carbonyl (C=O) groups is 1. The van der Waals surface area contributed by atoms with Gasteiger partial charge < -0.3 is 10.2 Å². The fraction of sp³-hybridized carbons (Fsp3) is 0.462. The highest BCUT2D eigenvalue weighted by molar-refractivity contribution is 5.87. The van der Waals surface area contributed by atoms with Crippen LogP contribution in [0.4, 0.5) is 0 Å². The lowest BCUT2D eigenvalue weighted by Crippen LogP contribution is -2.26. The Balaban J connectivity index is 2.21. The van der Waals surface area contributed by atoms with Crippen LogP contribution in [0.1, 0.15) is 6.42 Å². The lowest BCUT2D eigenvalue weighted by Gasteiger charge is -2.05. The number of hydrogen-bond acceptors (Lipinski definition) is 4. The van der Waals surface area contributed by atoms with Crippen molar-refractivity contribution in [3.8, 4) is 0 Å². The van der Waals surface area contributed by atoms with Gasteiger partial charge in [0.1, 0.15) is 0 Å². The summed E-state index contributed by atoms with van der Waals surface area (Å²) in [5, 5.41) is 2.77. The van der Waals surface area contributed by atoms with Crippen LogP contribution in [0.3, 0.4) is 0 Å². The molecule has 1 amide bonds. The zero-order valence-corrected chi connectivity index (χ0v) is 11.4. The van der Waals surface area contributed by atoms with Crippen molar-refractivity contribution >= 4 is 5.91 Å². The van der Waals surface area contributed by atoms with Crippen LogP contribution in [-0.2, 0) is 11.3 Å². The van der Waals surface area contributed by atoms with Crippen molar-refractivity contribution in [3.05, 3.63) is 41.1 Å². The van der Waals surface area contributed by atoms with E-state index in [1.54, 1.807) is 18.3 Å². The molecule has 1 aromatic heterocycles. The van der Waals surface area contributed by atoms with Gasteiger partial charge in [-0.3, -0.25) is 9.36 Å². The minimum atomic E-state index is -0.264. The van der Waals surface area contributed by atoms with E-state index >= 15 is 0 Å². The third kappa shape index (κ3) is 6.52. The van der Waals surface area contributed by atoms with Crippen LogP contribution in [0.2, 0.25) is 0 Å². The van der Waals surface area contributed by atoms with Gasteiger partial charge in [0.25, 0.3) is 0 Å². The van der Waals surface area contributed by atoms with Gasteiger partial charge in [0.15, 0.2) is 0 Å². The topological polar surface area (TPSA) is 67.2 Å². The number of aromatic nitrogens is 2. The monoisotopic (exact) mass is 264 g/mol. The van der Waals surface area contributed by atoms with Gasteiger partial charge in [-0.05, 0) is 26.6 Å². The van der Waals surface area contributed by atoms with Crippen LogP contribution in [0.15, 0.2) is 35.4 Å². The lowest BCUT2D eigenvalue weighted by molar-refractivity contribution is -0.116. The predicted octanol–water partition coefficient (Wildman–Crippen LogP) is -0.133. The highest BCUT2D eigenvalue weighted by Crippen LogP contribution is 1.85. The van der Waals surface area contributed by atoms with E-state index in [2.05, 4.69) is 10.3 Å². The standard InChI is InChI=1S/C13H20N4O2/c1-16(2)9-3-6-12(18)14-7-4-10-17-11-5-8-15-13(17)19/h3,5-6,8,11H,4,7,9-10H2,1-2H3,(H,14,18)/b6-3+. The summed E-state index contributed by atoms with van der Waals surface area (Å²) in [4.78, 5) is 28.3. The van der Waals surface area contributed by atoms with Gasteiger partial charge in [0.05, 0.1) is 0 Å². The fourth-order valence-electron chi connectivity index (χ4n) is 1.45. The highest BCUT2D eigenvalue weighted by Gasteiger charge is 1.97. The average molecular weight is 264 g/mol. The van der Waals surface area contributed by atoms with Crippen LogP contribution >= 0.6 is 0 Å². The smallest absolute Gasteiger partial charge is 0.347 e. The summed E-state index contributed by atoms with van der Waals surface area (Å²) in [5.74, 6) is -0.111. The van der Waals surface area contributed by atoms with E-state index in [4.69, 9.17) is 0 Å². The van der Waals surface area contributed by atoms with E-state index in [9.17, 15) is 9.59 Å². The molecular formula is C13H20N4O2. The van der Waals surface area contributed by atoms with E-state index in [-0.39, 0.29) is 11.6 Å². The summed E-state index contributed by atoms with van der Waals surface area (Å²) < 4.78 is 1.52. The molecule has 104 valence electrons. The molecule has 1 heterocycles. The van der Waals surface area contributed by atoms with Crippen molar-refractivity contribution in [1.29, 1.82) is 0 Å². The number of nitrogens with one attached hydrogen (secondary N) is 1. The van der Waals surface area contributed by atoms with Crippen molar-refractivity contribution in [3.63, 3.8) is 0 Å². The molecule has 6 nitrogen and oxygen atoms in total. The van der Waals surface area contributed by atoms with Crippen molar-refractivity contribution in [1.82, 2.24) is 19.8 Å². The minimum Gasteiger partial charge on any atom is -0.352 e. The molecule has 0 saturated carbocycles. The molecule has 0 radical (unpaired) electrons. The Hall–Kier alpha value is -1.95. The Kier molecular flexibility index (Phi) is 6.52. The first kappa shape index (κ1) is 15.1. The van der Waals surface area contributed by atoms with Gasteiger partial charge in [-0.25, -0.2) is 9.78 Å². The molecule has 1 N–H and O–H groups in total. The van der Waals surface area contributed by atoms with E-state index in [1.807, 2.05) is 19.0 Å². The second kappa shape index (κ2) is 8.20. The Bertz CT molecular complexity index is 480. The first-order chi connectivity index (χ1) is 9.09. The Morgan fingerprint density at radius 2 is 2.32 bits per heavy atom. The van der Waals surface area contributed by atoms with E-state index < -0.39 is 0 Å². The lowest BCUT2D eigenvalue weighted by atomic mass is 10.4. The zero-order valence-electron chi connectivity index (χ0n) is 11.4. The molecule has 1 aromatic rings. The average Bonchev–Trinajstić information content (AvgIpc) is 2.36. The molecule has 0 aromatic carbocycles. The summed E-state index contributed by atoms with van der Waals surface area (Å²) in [5.41, 5.74) is -0.264. The summed E-state index contributed by atoms with van der Waals surface area (Å²) in [6.07, 6.45) is 7.18. The third-order valence-corrected chi connectivity index (χ3v) is 2.40. The molecule has 0 aliphatic carbocycles. The quantitative estimate of drug-likeness (QED) is 0.550. The van der Waals surface area contributed by atoms with Crippen molar-refractivity contribution < 1.29 is 4.79 Å². The van der Waals surface area contributed by atoms with Crippen LogP contribution in [-0.4, -0.2) is 47.5 Å². The summed E-state index contributed by atoms with van der Waals surface area (Å²) in [6.45, 7) is 1.82. The van der Waals surface area contributed by atoms with Crippen molar-refractivity contribution in [2.45, 2.75) is 13.0 Å². The molecule has 0 aliphatic heterocycles. The summed E-state index contributed by atoms with van der Waals surface area (Å²) >= 11 is 0. The van der Waals surface area contributed by atoms with Crippen LogP contribution in [0, 0.1) is 0 Å². The van der Waals surface area contributed by atoms with Crippen LogP contribution in [0.5, 0.6) is 0 Å². The predicted molar refractivity (Wildman–Crippen MR) is 73.8 cm³/mol. The third-order valence-electron chi connectivity index (χ3n) is 2.40. The maximum absolute atomic E-state index is 11.4.